The summed E-state index contributed by atoms with van der Waals surface area (Å²) in [6.07, 6.45) is 1.37. The van der Waals surface area contributed by atoms with Gasteiger partial charge in [-0.05, 0) is 41.8 Å². The first kappa shape index (κ1) is 19.2. The molecule has 1 aromatic heterocycles. The van der Waals surface area contributed by atoms with E-state index in [1.54, 1.807) is 6.07 Å². The zero-order valence-corrected chi connectivity index (χ0v) is 15.6. The van der Waals surface area contributed by atoms with E-state index in [-0.39, 0.29) is 22.9 Å². The first-order valence-corrected chi connectivity index (χ1v) is 8.88. The highest BCUT2D eigenvalue weighted by Gasteiger charge is 2.15. The van der Waals surface area contributed by atoms with Gasteiger partial charge in [-0.3, -0.25) is 14.6 Å². The van der Waals surface area contributed by atoms with E-state index in [1.165, 1.54) is 36.5 Å². The molecule has 2 aromatic carbocycles. The van der Waals surface area contributed by atoms with Crippen LogP contribution >= 0.6 is 0 Å². The Bertz CT molecular complexity index is 1020. The van der Waals surface area contributed by atoms with Crippen molar-refractivity contribution in [2.24, 2.45) is 0 Å². The smallest absolute Gasteiger partial charge is 0.274 e. The highest BCUT2D eigenvalue weighted by Crippen LogP contribution is 2.24. The molecule has 142 valence electrons. The van der Waals surface area contributed by atoms with Gasteiger partial charge in [0.15, 0.2) is 0 Å². The number of carbonyl (C=O) groups excluding carboxylic acids is 2. The molecule has 3 aromatic rings. The van der Waals surface area contributed by atoms with Crippen molar-refractivity contribution in [3.63, 3.8) is 0 Å². The lowest BCUT2D eigenvalue weighted by atomic mass is 10.0. The summed E-state index contributed by atoms with van der Waals surface area (Å²) in [7, 11) is 0. The van der Waals surface area contributed by atoms with Crippen LogP contribution in [0, 0.1) is 5.82 Å². The molecule has 2 N–H and O–H groups in total. The van der Waals surface area contributed by atoms with Gasteiger partial charge in [-0.2, -0.15) is 0 Å². The second kappa shape index (κ2) is 8.43. The van der Waals surface area contributed by atoms with Gasteiger partial charge in [-0.1, -0.05) is 44.2 Å². The van der Waals surface area contributed by atoms with Crippen molar-refractivity contribution < 1.29 is 14.0 Å². The minimum Gasteiger partial charge on any atom is -0.320 e. The van der Waals surface area contributed by atoms with Crippen LogP contribution in [-0.2, 0) is 0 Å². The standard InChI is InChI=1S/C22H20FN3O2/c1-14(2)16-7-3-5-9-18(16)25-22(28)20-13-15(11-12-24-20)21(27)26-19-10-6-4-8-17(19)23/h3-14H,1-2H3,(H,25,28)(H,26,27). The first-order chi connectivity index (χ1) is 13.5. The molecule has 0 aliphatic carbocycles. The molecule has 0 spiro atoms. The molecule has 2 amide bonds. The van der Waals surface area contributed by atoms with Crippen molar-refractivity contribution in [1.29, 1.82) is 0 Å². The Kier molecular flexibility index (Phi) is 5.79. The summed E-state index contributed by atoms with van der Waals surface area (Å²) < 4.78 is 13.7. The number of amides is 2. The van der Waals surface area contributed by atoms with E-state index in [2.05, 4.69) is 15.6 Å². The maximum atomic E-state index is 13.7. The molecule has 0 unspecified atom stereocenters. The van der Waals surface area contributed by atoms with Crippen LogP contribution < -0.4 is 10.6 Å². The van der Waals surface area contributed by atoms with Crippen molar-refractivity contribution in [3.8, 4) is 0 Å². The Labute approximate surface area is 162 Å². The minimum absolute atomic E-state index is 0.0705. The fraction of sp³-hybridized carbons (Fsp3) is 0.136. The maximum absolute atomic E-state index is 13.7. The Balaban J connectivity index is 1.78. The summed E-state index contributed by atoms with van der Waals surface area (Å²) in [5.41, 5.74) is 2.08. The topological polar surface area (TPSA) is 71.1 Å². The third kappa shape index (κ3) is 4.40. The number of benzene rings is 2. The van der Waals surface area contributed by atoms with E-state index >= 15 is 0 Å². The van der Waals surface area contributed by atoms with Crippen molar-refractivity contribution in [3.05, 3.63) is 89.5 Å². The molecule has 0 saturated carbocycles. The number of para-hydroxylation sites is 2. The Hall–Kier alpha value is -3.54. The number of pyridine rings is 1. The molecule has 0 saturated heterocycles. The van der Waals surface area contributed by atoms with Crippen molar-refractivity contribution >= 4 is 23.2 Å². The summed E-state index contributed by atoms with van der Waals surface area (Å²) >= 11 is 0. The lowest BCUT2D eigenvalue weighted by molar-refractivity contribution is 0.102. The van der Waals surface area contributed by atoms with E-state index in [4.69, 9.17) is 0 Å². The molecule has 6 heteroatoms. The number of anilines is 2. The molecular formula is C22H20FN3O2. The van der Waals surface area contributed by atoms with Crippen LogP contribution in [-0.4, -0.2) is 16.8 Å². The summed E-state index contributed by atoms with van der Waals surface area (Å²) in [5, 5.41) is 5.33. The number of carbonyl (C=O) groups is 2. The third-order valence-corrected chi connectivity index (χ3v) is 4.21. The van der Waals surface area contributed by atoms with Crippen LogP contribution in [0.5, 0.6) is 0 Å². The number of rotatable bonds is 5. The number of aromatic nitrogens is 1. The van der Waals surface area contributed by atoms with Crippen molar-refractivity contribution in [2.75, 3.05) is 10.6 Å². The van der Waals surface area contributed by atoms with E-state index in [0.29, 0.717) is 5.69 Å². The minimum atomic E-state index is -0.534. The van der Waals surface area contributed by atoms with Gasteiger partial charge in [0.05, 0.1) is 5.69 Å². The Morgan fingerprint density at radius 3 is 2.25 bits per heavy atom. The van der Waals surface area contributed by atoms with Crippen LogP contribution in [0.4, 0.5) is 15.8 Å². The normalized spacial score (nSPS) is 10.6. The van der Waals surface area contributed by atoms with Gasteiger partial charge in [0.2, 0.25) is 0 Å². The highest BCUT2D eigenvalue weighted by atomic mass is 19.1. The van der Waals surface area contributed by atoms with E-state index in [9.17, 15) is 14.0 Å². The van der Waals surface area contributed by atoms with E-state index in [1.807, 2.05) is 38.1 Å². The molecule has 0 atom stereocenters. The molecule has 3 rings (SSSR count). The fourth-order valence-electron chi connectivity index (χ4n) is 2.75. The van der Waals surface area contributed by atoms with Crippen molar-refractivity contribution in [2.45, 2.75) is 19.8 Å². The predicted molar refractivity (Wildman–Crippen MR) is 107 cm³/mol. The largest absolute Gasteiger partial charge is 0.320 e. The van der Waals surface area contributed by atoms with Gasteiger partial charge in [0.1, 0.15) is 11.5 Å². The van der Waals surface area contributed by atoms with Crippen molar-refractivity contribution in [1.82, 2.24) is 4.98 Å². The third-order valence-electron chi connectivity index (χ3n) is 4.21. The van der Waals surface area contributed by atoms with Crippen LogP contribution in [0.2, 0.25) is 0 Å². The molecule has 28 heavy (non-hydrogen) atoms. The zero-order valence-electron chi connectivity index (χ0n) is 15.6. The van der Waals surface area contributed by atoms with Crippen LogP contribution in [0.25, 0.3) is 0 Å². The summed E-state index contributed by atoms with van der Waals surface area (Å²) in [6, 6.07) is 16.2. The predicted octanol–water partition coefficient (Wildman–Crippen LogP) is 4.85. The number of nitrogens with zero attached hydrogens (tertiary/aromatic N) is 1. The molecule has 0 bridgehead atoms. The van der Waals surface area contributed by atoms with Gasteiger partial charge in [0.25, 0.3) is 11.8 Å². The second-order valence-electron chi connectivity index (χ2n) is 6.56. The fourth-order valence-corrected chi connectivity index (χ4v) is 2.75. The van der Waals surface area contributed by atoms with Gasteiger partial charge in [-0.15, -0.1) is 0 Å². The van der Waals surface area contributed by atoms with E-state index < -0.39 is 17.6 Å². The van der Waals surface area contributed by atoms with Crippen LogP contribution in [0.15, 0.2) is 66.9 Å². The van der Waals surface area contributed by atoms with Gasteiger partial charge < -0.3 is 10.6 Å². The average Bonchev–Trinajstić information content (AvgIpc) is 2.70. The quantitative estimate of drug-likeness (QED) is 0.668. The van der Waals surface area contributed by atoms with E-state index in [0.717, 1.165) is 5.56 Å². The monoisotopic (exact) mass is 377 g/mol. The lowest BCUT2D eigenvalue weighted by Gasteiger charge is -2.13. The number of halogens is 1. The molecule has 0 radical (unpaired) electrons. The number of hydrogen-bond acceptors (Lipinski definition) is 3. The molecule has 0 aliphatic rings. The lowest BCUT2D eigenvalue weighted by Crippen LogP contribution is -2.18. The van der Waals surface area contributed by atoms with Gasteiger partial charge in [-0.25, -0.2) is 4.39 Å². The SMILES string of the molecule is CC(C)c1ccccc1NC(=O)c1cc(C(=O)Nc2ccccc2F)ccn1. The number of nitrogens with one attached hydrogen (secondary N) is 2. The summed E-state index contributed by atoms with van der Waals surface area (Å²) in [5.74, 6) is -1.24. The zero-order chi connectivity index (χ0) is 20.1. The molecule has 0 fully saturated rings. The summed E-state index contributed by atoms with van der Waals surface area (Å²) in [6.45, 7) is 4.08. The van der Waals surface area contributed by atoms with Gasteiger partial charge in [0, 0.05) is 17.4 Å². The van der Waals surface area contributed by atoms with Gasteiger partial charge >= 0.3 is 0 Å². The molecule has 0 aliphatic heterocycles. The van der Waals surface area contributed by atoms with Crippen LogP contribution in [0.3, 0.4) is 0 Å². The number of hydrogen-bond donors (Lipinski definition) is 2. The second-order valence-corrected chi connectivity index (χ2v) is 6.56. The average molecular weight is 377 g/mol. The molecule has 1 heterocycles. The molecular weight excluding hydrogens is 357 g/mol. The Morgan fingerprint density at radius 2 is 1.54 bits per heavy atom. The first-order valence-electron chi connectivity index (χ1n) is 8.88. The highest BCUT2D eigenvalue weighted by molar-refractivity contribution is 6.08. The molecule has 5 nitrogen and oxygen atoms in total. The van der Waals surface area contributed by atoms with Crippen LogP contribution in [0.1, 0.15) is 46.2 Å². The Morgan fingerprint density at radius 1 is 0.893 bits per heavy atom. The summed E-state index contributed by atoms with van der Waals surface area (Å²) in [4.78, 5) is 29.1. The maximum Gasteiger partial charge on any atom is 0.274 e.